The Morgan fingerprint density at radius 2 is 2.25 bits per heavy atom. The van der Waals surface area contributed by atoms with E-state index in [1.165, 1.54) is 25.7 Å². The molecule has 90 valence electrons. The molecule has 1 saturated carbocycles. The van der Waals surface area contributed by atoms with Gasteiger partial charge in [0.15, 0.2) is 0 Å². The third-order valence-electron chi connectivity index (χ3n) is 3.64. The Balaban J connectivity index is 2.06. The lowest BCUT2D eigenvalue weighted by molar-refractivity contribution is 0.266. The fourth-order valence-corrected chi connectivity index (χ4v) is 2.38. The molecule has 0 spiro atoms. The minimum Gasteiger partial charge on any atom is -0.350 e. The largest absolute Gasteiger partial charge is 0.350 e. The summed E-state index contributed by atoms with van der Waals surface area (Å²) in [7, 11) is 0. The summed E-state index contributed by atoms with van der Waals surface area (Å²) in [6.07, 6.45) is 9.10. The van der Waals surface area contributed by atoms with Crippen LogP contribution in [0.1, 0.15) is 46.5 Å². The Morgan fingerprint density at radius 3 is 2.75 bits per heavy atom. The maximum Gasteiger partial charge on any atom is 0.203 e. The fraction of sp³-hybridized carbons (Fsp3) is 0.769. The van der Waals surface area contributed by atoms with Crippen molar-refractivity contribution < 1.29 is 0 Å². The zero-order valence-corrected chi connectivity index (χ0v) is 10.7. The van der Waals surface area contributed by atoms with E-state index in [0.717, 1.165) is 12.5 Å². The van der Waals surface area contributed by atoms with Crippen molar-refractivity contribution in [2.75, 3.05) is 5.32 Å². The van der Waals surface area contributed by atoms with Gasteiger partial charge in [0, 0.05) is 24.5 Å². The molecule has 3 heteroatoms. The first-order chi connectivity index (χ1) is 7.65. The fourth-order valence-electron chi connectivity index (χ4n) is 2.38. The zero-order chi connectivity index (χ0) is 11.6. The number of aromatic nitrogens is 2. The molecule has 1 fully saturated rings. The van der Waals surface area contributed by atoms with Crippen molar-refractivity contribution in [3.05, 3.63) is 12.4 Å². The smallest absolute Gasteiger partial charge is 0.203 e. The molecule has 1 aromatic rings. The van der Waals surface area contributed by atoms with Crippen molar-refractivity contribution in [1.29, 1.82) is 0 Å². The molecule has 1 N–H and O–H groups in total. The third kappa shape index (κ3) is 2.23. The minimum absolute atomic E-state index is 0.333. The Hall–Kier alpha value is -0.990. The van der Waals surface area contributed by atoms with Gasteiger partial charge in [0.25, 0.3) is 0 Å². The SMILES string of the molecule is CCC1(Nc2nccn2CC(C)C)CCC1. The van der Waals surface area contributed by atoms with Crippen LogP contribution < -0.4 is 5.32 Å². The Kier molecular flexibility index (Phi) is 3.22. The lowest BCUT2D eigenvalue weighted by Crippen LogP contribution is -2.45. The molecule has 1 aliphatic rings. The van der Waals surface area contributed by atoms with Crippen molar-refractivity contribution in [3.8, 4) is 0 Å². The molecular formula is C13H23N3. The third-order valence-corrected chi connectivity index (χ3v) is 3.64. The van der Waals surface area contributed by atoms with Gasteiger partial charge >= 0.3 is 0 Å². The van der Waals surface area contributed by atoms with Gasteiger partial charge in [-0.2, -0.15) is 0 Å². The molecule has 0 atom stereocenters. The highest BCUT2D eigenvalue weighted by atomic mass is 15.2. The molecule has 1 aliphatic carbocycles. The number of anilines is 1. The Bertz CT molecular complexity index is 331. The maximum atomic E-state index is 4.44. The standard InChI is InChI=1S/C13H23N3/c1-4-13(6-5-7-13)15-12-14-8-9-16(12)10-11(2)3/h8-9,11H,4-7,10H2,1-3H3,(H,14,15). The maximum absolute atomic E-state index is 4.44. The molecule has 16 heavy (non-hydrogen) atoms. The van der Waals surface area contributed by atoms with E-state index < -0.39 is 0 Å². The molecule has 1 aromatic heterocycles. The highest BCUT2D eigenvalue weighted by Crippen LogP contribution is 2.37. The van der Waals surface area contributed by atoms with E-state index in [1.54, 1.807) is 0 Å². The highest BCUT2D eigenvalue weighted by molar-refractivity contribution is 5.32. The molecule has 0 aliphatic heterocycles. The Labute approximate surface area is 98.3 Å². The second kappa shape index (κ2) is 4.48. The van der Waals surface area contributed by atoms with Gasteiger partial charge in [-0.15, -0.1) is 0 Å². The number of hydrogen-bond donors (Lipinski definition) is 1. The molecule has 2 rings (SSSR count). The van der Waals surface area contributed by atoms with Crippen LogP contribution in [0.5, 0.6) is 0 Å². The molecule has 1 heterocycles. The molecule has 0 saturated heterocycles. The first kappa shape index (κ1) is 11.5. The van der Waals surface area contributed by atoms with Crippen LogP contribution in [0.4, 0.5) is 5.95 Å². The van der Waals surface area contributed by atoms with E-state index in [2.05, 4.69) is 41.8 Å². The van der Waals surface area contributed by atoms with Gasteiger partial charge in [-0.25, -0.2) is 4.98 Å². The van der Waals surface area contributed by atoms with Gasteiger partial charge in [0.1, 0.15) is 0 Å². The minimum atomic E-state index is 0.333. The van der Waals surface area contributed by atoms with Crippen LogP contribution in [0.3, 0.4) is 0 Å². The summed E-state index contributed by atoms with van der Waals surface area (Å²) in [4.78, 5) is 4.44. The predicted octanol–water partition coefficient (Wildman–Crippen LogP) is 3.28. The van der Waals surface area contributed by atoms with Gasteiger partial charge in [0.05, 0.1) is 0 Å². The van der Waals surface area contributed by atoms with E-state index in [9.17, 15) is 0 Å². The number of rotatable bonds is 5. The van der Waals surface area contributed by atoms with Crippen LogP contribution in [-0.2, 0) is 6.54 Å². The summed E-state index contributed by atoms with van der Waals surface area (Å²) in [6, 6.07) is 0. The number of hydrogen-bond acceptors (Lipinski definition) is 2. The average Bonchev–Trinajstić information content (AvgIpc) is 2.58. The average molecular weight is 221 g/mol. The van der Waals surface area contributed by atoms with Crippen LogP contribution in [0.15, 0.2) is 12.4 Å². The molecule has 0 unspecified atom stereocenters. The van der Waals surface area contributed by atoms with Gasteiger partial charge in [-0.05, 0) is 31.6 Å². The normalized spacial score (nSPS) is 18.5. The van der Waals surface area contributed by atoms with E-state index in [-0.39, 0.29) is 0 Å². The van der Waals surface area contributed by atoms with E-state index in [4.69, 9.17) is 0 Å². The van der Waals surface area contributed by atoms with Gasteiger partial charge < -0.3 is 9.88 Å². The van der Waals surface area contributed by atoms with Crippen molar-refractivity contribution in [2.24, 2.45) is 5.92 Å². The molecule has 0 radical (unpaired) electrons. The van der Waals surface area contributed by atoms with Gasteiger partial charge in [0.2, 0.25) is 5.95 Å². The molecule has 3 nitrogen and oxygen atoms in total. The predicted molar refractivity (Wildman–Crippen MR) is 67.6 cm³/mol. The summed E-state index contributed by atoms with van der Waals surface area (Å²) in [6.45, 7) is 7.79. The van der Waals surface area contributed by atoms with E-state index >= 15 is 0 Å². The van der Waals surface area contributed by atoms with Crippen LogP contribution in [0, 0.1) is 5.92 Å². The van der Waals surface area contributed by atoms with E-state index in [1.807, 2.05) is 6.20 Å². The highest BCUT2D eigenvalue weighted by Gasteiger charge is 2.35. The summed E-state index contributed by atoms with van der Waals surface area (Å²) >= 11 is 0. The van der Waals surface area contributed by atoms with Gasteiger partial charge in [-0.3, -0.25) is 0 Å². The van der Waals surface area contributed by atoms with Crippen LogP contribution in [0.2, 0.25) is 0 Å². The molecular weight excluding hydrogens is 198 g/mol. The Morgan fingerprint density at radius 1 is 1.50 bits per heavy atom. The topological polar surface area (TPSA) is 29.9 Å². The molecule has 0 bridgehead atoms. The summed E-state index contributed by atoms with van der Waals surface area (Å²) in [5.74, 6) is 1.71. The monoisotopic (exact) mass is 221 g/mol. The van der Waals surface area contributed by atoms with Gasteiger partial charge in [-0.1, -0.05) is 20.8 Å². The van der Waals surface area contributed by atoms with Crippen molar-refractivity contribution in [1.82, 2.24) is 9.55 Å². The van der Waals surface area contributed by atoms with Crippen molar-refractivity contribution >= 4 is 5.95 Å². The summed E-state index contributed by atoms with van der Waals surface area (Å²) in [5, 5.41) is 3.65. The summed E-state index contributed by atoms with van der Waals surface area (Å²) < 4.78 is 2.24. The van der Waals surface area contributed by atoms with Crippen molar-refractivity contribution in [2.45, 2.75) is 58.5 Å². The first-order valence-corrected chi connectivity index (χ1v) is 6.44. The van der Waals surface area contributed by atoms with Crippen LogP contribution >= 0.6 is 0 Å². The van der Waals surface area contributed by atoms with Crippen LogP contribution in [0.25, 0.3) is 0 Å². The second-order valence-corrected chi connectivity index (χ2v) is 5.41. The second-order valence-electron chi connectivity index (χ2n) is 5.41. The first-order valence-electron chi connectivity index (χ1n) is 6.44. The zero-order valence-electron chi connectivity index (χ0n) is 10.7. The van der Waals surface area contributed by atoms with Crippen LogP contribution in [-0.4, -0.2) is 15.1 Å². The lowest BCUT2D eigenvalue weighted by Gasteiger charge is -2.42. The number of nitrogens with one attached hydrogen (secondary N) is 1. The summed E-state index contributed by atoms with van der Waals surface area (Å²) in [5.41, 5.74) is 0.333. The molecule has 0 amide bonds. The van der Waals surface area contributed by atoms with E-state index in [0.29, 0.717) is 11.5 Å². The number of imidazole rings is 1. The quantitative estimate of drug-likeness (QED) is 0.827. The van der Waals surface area contributed by atoms with Crippen molar-refractivity contribution in [3.63, 3.8) is 0 Å². The lowest BCUT2D eigenvalue weighted by atomic mass is 9.75. The number of nitrogens with zero attached hydrogens (tertiary/aromatic N) is 2. The molecule has 0 aromatic carbocycles.